The van der Waals surface area contributed by atoms with E-state index < -0.39 is 0 Å². The van der Waals surface area contributed by atoms with Crippen molar-refractivity contribution < 1.29 is 9.59 Å². The van der Waals surface area contributed by atoms with Gasteiger partial charge in [0.2, 0.25) is 11.8 Å². The first-order valence-electron chi connectivity index (χ1n) is 8.15. The highest BCUT2D eigenvalue weighted by atomic mass is 16.2. The summed E-state index contributed by atoms with van der Waals surface area (Å²) in [6.07, 6.45) is 4.43. The fourth-order valence-corrected chi connectivity index (χ4v) is 3.16. The van der Waals surface area contributed by atoms with E-state index in [0.29, 0.717) is 26.1 Å². The van der Waals surface area contributed by atoms with Crippen molar-refractivity contribution in [3.63, 3.8) is 0 Å². The highest BCUT2D eigenvalue weighted by Gasteiger charge is 2.26. The molecule has 0 bridgehead atoms. The molecule has 2 aliphatic heterocycles. The molecule has 120 valence electrons. The lowest BCUT2D eigenvalue weighted by atomic mass is 10.2. The van der Waals surface area contributed by atoms with Gasteiger partial charge in [-0.2, -0.15) is 0 Å². The Labute approximate surface area is 130 Å². The fraction of sp³-hybridized carbons (Fsp3) is 0.733. The zero-order valence-corrected chi connectivity index (χ0v) is 13.1. The molecule has 7 heteroatoms. The van der Waals surface area contributed by atoms with E-state index in [1.165, 1.54) is 0 Å². The van der Waals surface area contributed by atoms with Crippen LogP contribution >= 0.6 is 0 Å². The highest BCUT2D eigenvalue weighted by molar-refractivity contribution is 5.85. The summed E-state index contributed by atoms with van der Waals surface area (Å²) in [5.74, 6) is 1.95. The van der Waals surface area contributed by atoms with Crippen LogP contribution in [0, 0.1) is 0 Å². The molecule has 7 nitrogen and oxygen atoms in total. The summed E-state index contributed by atoms with van der Waals surface area (Å²) in [7, 11) is 0. The van der Waals surface area contributed by atoms with Gasteiger partial charge in [0.05, 0.1) is 13.1 Å². The summed E-state index contributed by atoms with van der Waals surface area (Å²) < 4.78 is 2.10. The SMILES string of the molecule is CCc1nnc2n1CCN(C(=O)CN1CCCCCC1=O)C2. The molecule has 0 spiro atoms. The third-order valence-corrected chi connectivity index (χ3v) is 4.50. The Bertz CT molecular complexity index is 568. The average Bonchev–Trinajstić information content (AvgIpc) is 2.84. The Hall–Kier alpha value is -1.92. The van der Waals surface area contributed by atoms with Crippen LogP contribution in [0.4, 0.5) is 0 Å². The highest BCUT2D eigenvalue weighted by Crippen LogP contribution is 2.15. The minimum Gasteiger partial charge on any atom is -0.333 e. The molecule has 0 saturated carbocycles. The van der Waals surface area contributed by atoms with Gasteiger partial charge in [0.1, 0.15) is 5.82 Å². The van der Waals surface area contributed by atoms with Crippen molar-refractivity contribution in [1.29, 1.82) is 0 Å². The summed E-state index contributed by atoms with van der Waals surface area (Å²) in [5.41, 5.74) is 0. The van der Waals surface area contributed by atoms with Crippen molar-refractivity contribution in [2.45, 2.75) is 52.1 Å². The van der Waals surface area contributed by atoms with E-state index in [1.807, 2.05) is 0 Å². The second-order valence-corrected chi connectivity index (χ2v) is 5.98. The summed E-state index contributed by atoms with van der Waals surface area (Å²) in [5, 5.41) is 8.34. The minimum atomic E-state index is 0.0162. The predicted molar refractivity (Wildman–Crippen MR) is 79.9 cm³/mol. The van der Waals surface area contributed by atoms with Crippen molar-refractivity contribution in [3.05, 3.63) is 11.6 Å². The van der Waals surface area contributed by atoms with E-state index in [2.05, 4.69) is 21.7 Å². The third kappa shape index (κ3) is 2.98. The molecule has 0 atom stereocenters. The summed E-state index contributed by atoms with van der Waals surface area (Å²) in [6, 6.07) is 0. The lowest BCUT2D eigenvalue weighted by molar-refractivity contribution is -0.141. The van der Waals surface area contributed by atoms with E-state index in [9.17, 15) is 9.59 Å². The molecule has 22 heavy (non-hydrogen) atoms. The first kappa shape index (κ1) is 15.0. The van der Waals surface area contributed by atoms with Crippen LogP contribution in [0.1, 0.15) is 44.3 Å². The van der Waals surface area contributed by atoms with Crippen molar-refractivity contribution in [2.75, 3.05) is 19.6 Å². The monoisotopic (exact) mass is 305 g/mol. The van der Waals surface area contributed by atoms with Gasteiger partial charge in [-0.05, 0) is 12.8 Å². The van der Waals surface area contributed by atoms with Gasteiger partial charge in [-0.15, -0.1) is 10.2 Å². The number of nitrogens with zero attached hydrogens (tertiary/aromatic N) is 5. The smallest absolute Gasteiger partial charge is 0.242 e. The van der Waals surface area contributed by atoms with Crippen LogP contribution in [-0.4, -0.2) is 56.0 Å². The number of aromatic nitrogens is 3. The second kappa shape index (κ2) is 6.46. The maximum Gasteiger partial charge on any atom is 0.242 e. The van der Waals surface area contributed by atoms with Crippen LogP contribution in [0.2, 0.25) is 0 Å². The molecule has 0 radical (unpaired) electrons. The molecule has 3 rings (SSSR count). The topological polar surface area (TPSA) is 71.3 Å². The number of rotatable bonds is 3. The molecule has 0 N–H and O–H groups in total. The maximum atomic E-state index is 12.5. The van der Waals surface area contributed by atoms with Gasteiger partial charge >= 0.3 is 0 Å². The Morgan fingerprint density at radius 2 is 2.00 bits per heavy atom. The molecule has 1 saturated heterocycles. The van der Waals surface area contributed by atoms with Crippen LogP contribution in [0.25, 0.3) is 0 Å². The van der Waals surface area contributed by atoms with Crippen LogP contribution in [0.15, 0.2) is 0 Å². The zero-order chi connectivity index (χ0) is 15.5. The van der Waals surface area contributed by atoms with Crippen molar-refractivity contribution in [3.8, 4) is 0 Å². The van der Waals surface area contributed by atoms with Gasteiger partial charge < -0.3 is 14.4 Å². The number of fused-ring (bicyclic) bond motifs is 1. The van der Waals surface area contributed by atoms with Gasteiger partial charge in [-0.1, -0.05) is 13.3 Å². The summed E-state index contributed by atoms with van der Waals surface area (Å²) >= 11 is 0. The van der Waals surface area contributed by atoms with Gasteiger partial charge in [-0.25, -0.2) is 0 Å². The lowest BCUT2D eigenvalue weighted by Gasteiger charge is -2.30. The second-order valence-electron chi connectivity index (χ2n) is 5.98. The summed E-state index contributed by atoms with van der Waals surface area (Å²) in [6.45, 7) is 4.86. The molecule has 1 aromatic heterocycles. The molecular formula is C15H23N5O2. The predicted octanol–water partition coefficient (Wildman–Crippen LogP) is 0.585. The van der Waals surface area contributed by atoms with E-state index in [0.717, 1.165) is 43.9 Å². The molecule has 3 heterocycles. The van der Waals surface area contributed by atoms with Gasteiger partial charge in [0.15, 0.2) is 5.82 Å². The number of carbonyl (C=O) groups is 2. The number of hydrogen-bond donors (Lipinski definition) is 0. The molecule has 0 aromatic carbocycles. The van der Waals surface area contributed by atoms with Crippen molar-refractivity contribution in [2.24, 2.45) is 0 Å². The Morgan fingerprint density at radius 1 is 1.14 bits per heavy atom. The van der Waals surface area contributed by atoms with E-state index >= 15 is 0 Å². The first-order chi connectivity index (χ1) is 10.7. The molecule has 1 fully saturated rings. The van der Waals surface area contributed by atoms with E-state index in [1.54, 1.807) is 9.80 Å². The van der Waals surface area contributed by atoms with Crippen LogP contribution < -0.4 is 0 Å². The minimum absolute atomic E-state index is 0.0162. The van der Waals surface area contributed by atoms with Gasteiger partial charge in [-0.3, -0.25) is 9.59 Å². The normalized spacial score (nSPS) is 19.0. The van der Waals surface area contributed by atoms with Crippen LogP contribution in [-0.2, 0) is 29.1 Å². The number of carbonyl (C=O) groups excluding carboxylic acids is 2. The maximum absolute atomic E-state index is 12.5. The quantitative estimate of drug-likeness (QED) is 0.819. The van der Waals surface area contributed by atoms with Gasteiger partial charge in [0, 0.05) is 32.5 Å². The Kier molecular flexibility index (Phi) is 4.40. The van der Waals surface area contributed by atoms with E-state index in [4.69, 9.17) is 0 Å². The van der Waals surface area contributed by atoms with Crippen molar-refractivity contribution in [1.82, 2.24) is 24.6 Å². The lowest BCUT2D eigenvalue weighted by Crippen LogP contribution is -2.45. The Balaban J connectivity index is 1.62. The number of likely N-dealkylation sites (tertiary alicyclic amines) is 1. The average molecular weight is 305 g/mol. The molecule has 2 aliphatic rings. The number of amides is 2. The number of aryl methyl sites for hydroxylation is 1. The molecule has 2 amide bonds. The van der Waals surface area contributed by atoms with Gasteiger partial charge in [0.25, 0.3) is 0 Å². The molecule has 1 aromatic rings. The standard InChI is InChI=1S/C15H23N5O2/c1-2-12-16-17-13-10-19(8-9-20(12)13)15(22)11-18-7-5-3-4-6-14(18)21/h2-11H2,1H3. The summed E-state index contributed by atoms with van der Waals surface area (Å²) in [4.78, 5) is 28.0. The van der Waals surface area contributed by atoms with Crippen LogP contribution in [0.5, 0.6) is 0 Å². The Morgan fingerprint density at radius 3 is 2.82 bits per heavy atom. The molecule has 0 unspecified atom stereocenters. The molecule has 0 aliphatic carbocycles. The molecular weight excluding hydrogens is 282 g/mol. The fourth-order valence-electron chi connectivity index (χ4n) is 3.16. The largest absolute Gasteiger partial charge is 0.333 e. The van der Waals surface area contributed by atoms with E-state index in [-0.39, 0.29) is 18.4 Å². The third-order valence-electron chi connectivity index (χ3n) is 4.50. The first-order valence-corrected chi connectivity index (χ1v) is 8.15. The van der Waals surface area contributed by atoms with Crippen LogP contribution in [0.3, 0.4) is 0 Å². The van der Waals surface area contributed by atoms with Crippen molar-refractivity contribution >= 4 is 11.8 Å². The number of hydrogen-bond acceptors (Lipinski definition) is 4. The zero-order valence-electron chi connectivity index (χ0n) is 13.1.